The molecule has 1 rings (SSSR count). The highest BCUT2D eigenvalue weighted by atomic mass is 16.5. The summed E-state index contributed by atoms with van der Waals surface area (Å²) in [6.07, 6.45) is 0.756. The van der Waals surface area contributed by atoms with Gasteiger partial charge in [-0.25, -0.2) is 0 Å². The standard InChI is InChI=1S/C17H27NO3/c1-12(2)8-15(10-19)18-17(20)14-6-5-7-16(9-14)21-11-13(3)4/h5-7,9,12-13,15,19H,8,10-11H2,1-4H3,(H,18,20). The lowest BCUT2D eigenvalue weighted by Gasteiger charge is -2.18. The summed E-state index contributed by atoms with van der Waals surface area (Å²) in [5, 5.41) is 12.2. The first kappa shape index (κ1) is 17.5. The first-order valence-corrected chi connectivity index (χ1v) is 7.57. The molecule has 4 nitrogen and oxygen atoms in total. The van der Waals surface area contributed by atoms with Gasteiger partial charge in [0.05, 0.1) is 19.3 Å². The molecule has 1 atom stereocenters. The van der Waals surface area contributed by atoms with Crippen LogP contribution in [0, 0.1) is 11.8 Å². The largest absolute Gasteiger partial charge is 0.493 e. The van der Waals surface area contributed by atoms with Crippen molar-refractivity contribution in [3.05, 3.63) is 29.8 Å². The summed E-state index contributed by atoms with van der Waals surface area (Å²) < 4.78 is 5.62. The second-order valence-electron chi connectivity index (χ2n) is 6.22. The molecule has 0 heterocycles. The van der Waals surface area contributed by atoms with E-state index < -0.39 is 0 Å². The third-order valence-electron chi connectivity index (χ3n) is 2.99. The van der Waals surface area contributed by atoms with Gasteiger partial charge in [-0.3, -0.25) is 4.79 Å². The Morgan fingerprint density at radius 2 is 1.95 bits per heavy atom. The molecule has 21 heavy (non-hydrogen) atoms. The van der Waals surface area contributed by atoms with Crippen LogP contribution in [0.25, 0.3) is 0 Å². The Morgan fingerprint density at radius 1 is 1.24 bits per heavy atom. The fraction of sp³-hybridized carbons (Fsp3) is 0.588. The molecule has 2 N–H and O–H groups in total. The topological polar surface area (TPSA) is 58.6 Å². The second kappa shape index (κ2) is 8.67. The van der Waals surface area contributed by atoms with E-state index in [-0.39, 0.29) is 18.6 Å². The van der Waals surface area contributed by atoms with Crippen LogP contribution in [0.1, 0.15) is 44.5 Å². The maximum absolute atomic E-state index is 12.2. The van der Waals surface area contributed by atoms with Crippen molar-refractivity contribution in [1.82, 2.24) is 5.32 Å². The predicted octanol–water partition coefficient (Wildman–Crippen LogP) is 2.86. The van der Waals surface area contributed by atoms with Crippen LogP contribution in [0.5, 0.6) is 5.75 Å². The number of carbonyl (C=O) groups excluding carboxylic acids is 1. The summed E-state index contributed by atoms with van der Waals surface area (Å²) >= 11 is 0. The Morgan fingerprint density at radius 3 is 2.52 bits per heavy atom. The number of hydrogen-bond acceptors (Lipinski definition) is 3. The van der Waals surface area contributed by atoms with Crippen molar-refractivity contribution in [2.45, 2.75) is 40.2 Å². The van der Waals surface area contributed by atoms with E-state index in [1.54, 1.807) is 18.2 Å². The van der Waals surface area contributed by atoms with Gasteiger partial charge in [0.2, 0.25) is 0 Å². The Labute approximate surface area is 127 Å². The van der Waals surface area contributed by atoms with E-state index >= 15 is 0 Å². The van der Waals surface area contributed by atoms with Gasteiger partial charge in [-0.2, -0.15) is 0 Å². The molecule has 0 radical (unpaired) electrons. The van der Waals surface area contributed by atoms with Gasteiger partial charge in [0.25, 0.3) is 5.91 Å². The number of ether oxygens (including phenoxy) is 1. The molecule has 1 aromatic carbocycles. The lowest BCUT2D eigenvalue weighted by Crippen LogP contribution is -2.38. The number of nitrogens with one attached hydrogen (secondary N) is 1. The average molecular weight is 293 g/mol. The van der Waals surface area contributed by atoms with Gasteiger partial charge in [0, 0.05) is 5.56 Å². The molecule has 1 aromatic rings. The Bertz CT molecular complexity index is 443. The van der Waals surface area contributed by atoms with Crippen molar-refractivity contribution < 1.29 is 14.6 Å². The molecule has 0 aliphatic carbocycles. The van der Waals surface area contributed by atoms with E-state index in [4.69, 9.17) is 4.74 Å². The first-order chi connectivity index (χ1) is 9.92. The summed E-state index contributed by atoms with van der Waals surface area (Å²) in [5.41, 5.74) is 0.554. The van der Waals surface area contributed by atoms with Crippen LogP contribution >= 0.6 is 0 Å². The zero-order chi connectivity index (χ0) is 15.8. The maximum atomic E-state index is 12.2. The number of aliphatic hydroxyl groups is 1. The minimum Gasteiger partial charge on any atom is -0.493 e. The van der Waals surface area contributed by atoms with Crippen molar-refractivity contribution in [3.8, 4) is 5.75 Å². The quantitative estimate of drug-likeness (QED) is 0.775. The van der Waals surface area contributed by atoms with Crippen LogP contribution in [0.3, 0.4) is 0 Å². The van der Waals surface area contributed by atoms with Gasteiger partial charge < -0.3 is 15.2 Å². The molecule has 0 fully saturated rings. The normalized spacial score (nSPS) is 12.5. The average Bonchev–Trinajstić information content (AvgIpc) is 2.44. The van der Waals surface area contributed by atoms with Crippen molar-refractivity contribution in [1.29, 1.82) is 0 Å². The number of amides is 1. The van der Waals surface area contributed by atoms with Gasteiger partial charge in [-0.05, 0) is 36.5 Å². The van der Waals surface area contributed by atoms with Crippen LogP contribution in [0.15, 0.2) is 24.3 Å². The molecule has 0 spiro atoms. The zero-order valence-electron chi connectivity index (χ0n) is 13.4. The minimum atomic E-state index is -0.210. The molecule has 0 aliphatic rings. The maximum Gasteiger partial charge on any atom is 0.251 e. The highest BCUT2D eigenvalue weighted by Crippen LogP contribution is 2.15. The van der Waals surface area contributed by atoms with E-state index in [1.807, 2.05) is 6.07 Å². The van der Waals surface area contributed by atoms with Crippen molar-refractivity contribution in [2.24, 2.45) is 11.8 Å². The summed E-state index contributed by atoms with van der Waals surface area (Å²) in [6, 6.07) is 6.93. The number of aliphatic hydroxyl groups excluding tert-OH is 1. The molecule has 0 bridgehead atoms. The van der Waals surface area contributed by atoms with E-state index in [9.17, 15) is 9.90 Å². The van der Waals surface area contributed by atoms with Crippen molar-refractivity contribution in [3.63, 3.8) is 0 Å². The minimum absolute atomic E-state index is 0.0482. The van der Waals surface area contributed by atoms with Crippen LogP contribution in [0.2, 0.25) is 0 Å². The molecular weight excluding hydrogens is 266 g/mol. The van der Waals surface area contributed by atoms with E-state index in [1.165, 1.54) is 0 Å². The lowest BCUT2D eigenvalue weighted by molar-refractivity contribution is 0.0908. The molecule has 0 saturated heterocycles. The molecule has 1 unspecified atom stereocenters. The first-order valence-electron chi connectivity index (χ1n) is 7.57. The zero-order valence-corrected chi connectivity index (χ0v) is 13.4. The number of hydrogen-bond donors (Lipinski definition) is 2. The summed E-state index contributed by atoms with van der Waals surface area (Å²) in [7, 11) is 0. The lowest BCUT2D eigenvalue weighted by atomic mass is 10.0. The highest BCUT2D eigenvalue weighted by Gasteiger charge is 2.14. The fourth-order valence-corrected chi connectivity index (χ4v) is 2.01. The van der Waals surface area contributed by atoms with Crippen LogP contribution in [-0.4, -0.2) is 30.3 Å². The summed E-state index contributed by atoms with van der Waals surface area (Å²) in [6.45, 7) is 8.86. The van der Waals surface area contributed by atoms with Gasteiger partial charge in [0.15, 0.2) is 0 Å². The number of benzene rings is 1. The second-order valence-corrected chi connectivity index (χ2v) is 6.22. The van der Waals surface area contributed by atoms with Crippen molar-refractivity contribution in [2.75, 3.05) is 13.2 Å². The van der Waals surface area contributed by atoms with Crippen LogP contribution < -0.4 is 10.1 Å². The molecule has 118 valence electrons. The third-order valence-corrected chi connectivity index (χ3v) is 2.99. The fourth-order valence-electron chi connectivity index (χ4n) is 2.01. The summed E-state index contributed by atoms with van der Waals surface area (Å²) in [5.74, 6) is 1.38. The van der Waals surface area contributed by atoms with E-state index in [2.05, 4.69) is 33.0 Å². The Hall–Kier alpha value is -1.55. The molecule has 0 aromatic heterocycles. The van der Waals surface area contributed by atoms with Crippen LogP contribution in [-0.2, 0) is 0 Å². The van der Waals surface area contributed by atoms with Gasteiger partial charge in [-0.15, -0.1) is 0 Å². The number of rotatable bonds is 8. The summed E-state index contributed by atoms with van der Waals surface area (Å²) in [4.78, 5) is 12.2. The monoisotopic (exact) mass is 293 g/mol. The Kier molecular flexibility index (Phi) is 7.23. The molecule has 0 aliphatic heterocycles. The molecule has 1 amide bonds. The predicted molar refractivity (Wildman–Crippen MR) is 84.6 cm³/mol. The van der Waals surface area contributed by atoms with Crippen LogP contribution in [0.4, 0.5) is 0 Å². The Balaban J connectivity index is 2.66. The molecule has 4 heteroatoms. The smallest absolute Gasteiger partial charge is 0.251 e. The van der Waals surface area contributed by atoms with Crippen molar-refractivity contribution >= 4 is 5.91 Å². The van der Waals surface area contributed by atoms with Gasteiger partial charge >= 0.3 is 0 Å². The molecular formula is C17H27NO3. The van der Waals surface area contributed by atoms with E-state index in [0.717, 1.165) is 6.42 Å². The third kappa shape index (κ3) is 6.63. The van der Waals surface area contributed by atoms with Gasteiger partial charge in [0.1, 0.15) is 5.75 Å². The van der Waals surface area contributed by atoms with Gasteiger partial charge in [-0.1, -0.05) is 33.8 Å². The highest BCUT2D eigenvalue weighted by molar-refractivity contribution is 5.94. The SMILES string of the molecule is CC(C)COc1cccc(C(=O)NC(CO)CC(C)C)c1. The number of carbonyl (C=O) groups is 1. The van der Waals surface area contributed by atoms with E-state index in [0.29, 0.717) is 29.8 Å². The molecule has 0 saturated carbocycles.